The molecule has 0 bridgehead atoms. The van der Waals surface area contributed by atoms with Gasteiger partial charge in [-0.2, -0.15) is 0 Å². The number of carbonyl (C=O) groups excluding carboxylic acids is 3. The van der Waals surface area contributed by atoms with Gasteiger partial charge in [-0.1, -0.05) is 17.7 Å². The van der Waals surface area contributed by atoms with Gasteiger partial charge in [0.2, 0.25) is 5.91 Å². The number of rotatable bonds is 7. The molecule has 178 valence electrons. The minimum Gasteiger partial charge on any atom is -0.457 e. The van der Waals surface area contributed by atoms with E-state index >= 15 is 0 Å². The lowest BCUT2D eigenvalue weighted by molar-refractivity contribution is -0.384. The van der Waals surface area contributed by atoms with Gasteiger partial charge >= 0.3 is 0 Å². The summed E-state index contributed by atoms with van der Waals surface area (Å²) in [6.07, 6.45) is 3.29. The molecule has 0 spiro atoms. The predicted octanol–water partition coefficient (Wildman–Crippen LogP) is 5.91. The first-order chi connectivity index (χ1) is 16.7. The molecule has 0 saturated carbocycles. The first-order valence-corrected chi connectivity index (χ1v) is 12.4. The zero-order valence-corrected chi connectivity index (χ0v) is 20.4. The Morgan fingerprint density at radius 3 is 2.77 bits per heavy atom. The third kappa shape index (κ3) is 5.59. The molecule has 3 aromatic rings. The fourth-order valence-corrected chi connectivity index (χ4v) is 4.69. The summed E-state index contributed by atoms with van der Waals surface area (Å²) in [7, 11) is 0. The zero-order valence-electron chi connectivity index (χ0n) is 18.0. The summed E-state index contributed by atoms with van der Waals surface area (Å²) < 4.78 is 5.69. The van der Waals surface area contributed by atoms with Crippen LogP contribution in [0.15, 0.2) is 68.8 Å². The van der Waals surface area contributed by atoms with E-state index in [4.69, 9.17) is 16.0 Å². The summed E-state index contributed by atoms with van der Waals surface area (Å²) in [4.78, 5) is 50.0. The number of halogens is 1. The van der Waals surface area contributed by atoms with Gasteiger partial charge in [-0.05, 0) is 54.4 Å². The van der Waals surface area contributed by atoms with Crippen molar-refractivity contribution in [3.63, 3.8) is 0 Å². The Morgan fingerprint density at radius 1 is 1.23 bits per heavy atom. The van der Waals surface area contributed by atoms with E-state index in [2.05, 4.69) is 5.32 Å². The summed E-state index contributed by atoms with van der Waals surface area (Å²) in [6.45, 7) is -0.432. The third-order valence-electron chi connectivity index (χ3n) is 4.86. The molecule has 1 aliphatic rings. The molecule has 2 aromatic carbocycles. The Balaban J connectivity index is 1.47. The number of furan rings is 1. The Kier molecular flexibility index (Phi) is 7.29. The van der Waals surface area contributed by atoms with Gasteiger partial charge in [0.1, 0.15) is 18.1 Å². The van der Waals surface area contributed by atoms with E-state index in [0.717, 1.165) is 9.80 Å². The predicted molar refractivity (Wildman–Crippen MR) is 135 cm³/mol. The topological polar surface area (TPSA) is 123 Å². The molecular weight excluding hydrogens is 514 g/mol. The van der Waals surface area contributed by atoms with E-state index in [1.165, 1.54) is 36.0 Å². The van der Waals surface area contributed by atoms with Crippen molar-refractivity contribution in [2.24, 2.45) is 0 Å². The van der Waals surface area contributed by atoms with Crippen LogP contribution in [0.2, 0.25) is 5.02 Å². The first kappa shape index (κ1) is 24.6. The number of nitrogens with zero attached hydrogens (tertiary/aromatic N) is 2. The Hall–Kier alpha value is -3.54. The summed E-state index contributed by atoms with van der Waals surface area (Å²) in [5, 5.41) is 13.4. The lowest BCUT2D eigenvalue weighted by atomic mass is 10.1. The second-order valence-corrected chi connectivity index (χ2v) is 9.45. The highest BCUT2D eigenvalue weighted by molar-refractivity contribution is 8.18. The van der Waals surface area contributed by atoms with Crippen LogP contribution in [0.5, 0.6) is 0 Å². The van der Waals surface area contributed by atoms with Crippen LogP contribution in [0.4, 0.5) is 16.2 Å². The normalized spacial score (nSPS) is 14.6. The van der Waals surface area contributed by atoms with Gasteiger partial charge < -0.3 is 9.73 Å². The van der Waals surface area contributed by atoms with E-state index in [0.29, 0.717) is 23.0 Å². The van der Waals surface area contributed by atoms with E-state index in [1.54, 1.807) is 30.3 Å². The van der Waals surface area contributed by atoms with Crippen LogP contribution >= 0.6 is 35.1 Å². The molecule has 0 atom stereocenters. The number of anilines is 1. The molecule has 4 rings (SSSR count). The molecule has 12 heteroatoms. The standard InChI is InChI=1S/C23H16ClN3O6S2/c1-34-16-4-2-3-13(9-16)25-21(28)12-26-22(29)20(35-23(26)30)11-15-6-8-19(33-15)17-10-14(27(31)32)5-7-18(17)24/h2-11H,12H2,1H3,(H,25,28)/b20-11+. The smallest absolute Gasteiger partial charge is 0.294 e. The van der Waals surface area contributed by atoms with Gasteiger partial charge in [-0.3, -0.25) is 29.4 Å². The van der Waals surface area contributed by atoms with Crippen LogP contribution in [0.25, 0.3) is 17.4 Å². The van der Waals surface area contributed by atoms with E-state index < -0.39 is 28.5 Å². The van der Waals surface area contributed by atoms with Gasteiger partial charge in [0, 0.05) is 34.4 Å². The number of imide groups is 1. The second-order valence-electron chi connectivity index (χ2n) is 7.17. The van der Waals surface area contributed by atoms with Crippen molar-refractivity contribution in [2.75, 3.05) is 18.1 Å². The van der Waals surface area contributed by atoms with Crippen LogP contribution in [0.3, 0.4) is 0 Å². The van der Waals surface area contributed by atoms with Crippen molar-refractivity contribution >= 4 is 69.6 Å². The van der Waals surface area contributed by atoms with Gasteiger partial charge in [-0.25, -0.2) is 0 Å². The maximum absolute atomic E-state index is 12.8. The van der Waals surface area contributed by atoms with Crippen LogP contribution in [-0.2, 0) is 9.59 Å². The SMILES string of the molecule is CSc1cccc(NC(=O)CN2C(=O)S/C(=C/c3ccc(-c4cc([N+](=O)[O-])ccc4Cl)o3)C2=O)c1. The second kappa shape index (κ2) is 10.4. The highest BCUT2D eigenvalue weighted by Gasteiger charge is 2.36. The monoisotopic (exact) mass is 529 g/mol. The number of hydrogen-bond donors (Lipinski definition) is 1. The van der Waals surface area contributed by atoms with Crippen molar-refractivity contribution in [1.29, 1.82) is 0 Å². The molecule has 0 unspecified atom stereocenters. The lowest BCUT2D eigenvalue weighted by Crippen LogP contribution is -2.36. The average Bonchev–Trinajstić information content (AvgIpc) is 3.39. The largest absolute Gasteiger partial charge is 0.457 e. The average molecular weight is 530 g/mol. The number of nitrogens with one attached hydrogen (secondary N) is 1. The molecule has 3 amide bonds. The number of benzene rings is 2. The maximum Gasteiger partial charge on any atom is 0.294 e. The first-order valence-electron chi connectivity index (χ1n) is 9.98. The Morgan fingerprint density at radius 2 is 2.03 bits per heavy atom. The molecule has 1 fully saturated rings. The number of thioether (sulfide) groups is 2. The van der Waals surface area contributed by atoms with Crippen molar-refractivity contribution in [1.82, 2.24) is 4.90 Å². The Labute approximate surface area is 212 Å². The molecule has 1 N–H and O–H groups in total. The molecule has 1 saturated heterocycles. The van der Waals surface area contributed by atoms with E-state index in [1.807, 2.05) is 12.3 Å². The highest BCUT2D eigenvalue weighted by atomic mass is 35.5. The van der Waals surface area contributed by atoms with Crippen molar-refractivity contribution in [2.45, 2.75) is 4.90 Å². The van der Waals surface area contributed by atoms with Gasteiger partial charge in [0.05, 0.1) is 14.9 Å². The number of amides is 3. The van der Waals surface area contributed by atoms with Gasteiger partial charge in [0.15, 0.2) is 0 Å². The lowest BCUT2D eigenvalue weighted by Gasteiger charge is -2.12. The molecule has 35 heavy (non-hydrogen) atoms. The minimum absolute atomic E-state index is 0.0817. The summed E-state index contributed by atoms with van der Waals surface area (Å²) in [5.74, 6) is -0.630. The molecular formula is C23H16ClN3O6S2. The number of hydrogen-bond acceptors (Lipinski definition) is 8. The third-order valence-corrected chi connectivity index (χ3v) is 6.82. The van der Waals surface area contributed by atoms with Gasteiger partial charge in [0.25, 0.3) is 16.8 Å². The van der Waals surface area contributed by atoms with Gasteiger partial charge in [-0.15, -0.1) is 11.8 Å². The summed E-state index contributed by atoms with van der Waals surface area (Å²) in [5.41, 5.74) is 0.727. The number of nitro groups is 1. The van der Waals surface area contributed by atoms with Crippen LogP contribution in [-0.4, -0.2) is 39.7 Å². The number of non-ortho nitro benzene ring substituents is 1. The molecule has 9 nitrogen and oxygen atoms in total. The van der Waals surface area contributed by atoms with Crippen molar-refractivity contribution < 1.29 is 23.7 Å². The van der Waals surface area contributed by atoms with Crippen molar-refractivity contribution in [3.05, 3.63) is 80.4 Å². The molecule has 1 aliphatic heterocycles. The fraction of sp³-hybridized carbons (Fsp3) is 0.0870. The van der Waals surface area contributed by atoms with E-state index in [9.17, 15) is 24.5 Å². The van der Waals surface area contributed by atoms with Crippen LogP contribution in [0, 0.1) is 10.1 Å². The Bertz CT molecular complexity index is 1390. The minimum atomic E-state index is -0.626. The zero-order chi connectivity index (χ0) is 25.1. The molecule has 0 aliphatic carbocycles. The molecule has 2 heterocycles. The van der Waals surface area contributed by atoms with Crippen LogP contribution in [0.1, 0.15) is 5.76 Å². The quantitative estimate of drug-likeness (QED) is 0.173. The number of carbonyl (C=O) groups is 3. The maximum atomic E-state index is 12.8. The van der Waals surface area contributed by atoms with E-state index in [-0.39, 0.29) is 27.1 Å². The molecule has 1 aromatic heterocycles. The number of nitro benzene ring substituents is 1. The highest BCUT2D eigenvalue weighted by Crippen LogP contribution is 2.35. The van der Waals surface area contributed by atoms with Crippen LogP contribution < -0.4 is 5.32 Å². The fourth-order valence-electron chi connectivity index (χ4n) is 3.20. The summed E-state index contributed by atoms with van der Waals surface area (Å²) >= 11 is 8.36. The molecule has 0 radical (unpaired) electrons. The summed E-state index contributed by atoms with van der Waals surface area (Å²) in [6, 6.07) is 14.3. The van der Waals surface area contributed by atoms with Crippen molar-refractivity contribution in [3.8, 4) is 11.3 Å².